The van der Waals surface area contributed by atoms with Gasteiger partial charge in [0.25, 0.3) is 0 Å². The number of aryl methyl sites for hydroxylation is 1. The van der Waals surface area contributed by atoms with Gasteiger partial charge >= 0.3 is 0 Å². The van der Waals surface area contributed by atoms with Crippen LogP contribution in [0.2, 0.25) is 0 Å². The number of aromatic nitrogens is 2. The highest BCUT2D eigenvalue weighted by molar-refractivity contribution is 5.89. The fourth-order valence-electron chi connectivity index (χ4n) is 2.29. The second-order valence-corrected chi connectivity index (χ2v) is 5.35. The zero-order valence-electron chi connectivity index (χ0n) is 13.3. The van der Waals surface area contributed by atoms with Gasteiger partial charge in [0.05, 0.1) is 11.9 Å². The monoisotopic (exact) mass is 318 g/mol. The summed E-state index contributed by atoms with van der Waals surface area (Å²) in [4.78, 5) is 0. The van der Waals surface area contributed by atoms with Crippen LogP contribution < -0.4 is 11.5 Å². The molecule has 0 aliphatic heterocycles. The third-order valence-electron chi connectivity index (χ3n) is 3.46. The van der Waals surface area contributed by atoms with Crippen LogP contribution in [0.3, 0.4) is 0 Å². The first-order valence-electron chi connectivity index (χ1n) is 7.47. The summed E-state index contributed by atoms with van der Waals surface area (Å²) >= 11 is 0. The van der Waals surface area contributed by atoms with Crippen LogP contribution in [0.5, 0.6) is 0 Å². The molecular weight excluding hydrogens is 300 g/mol. The van der Waals surface area contributed by atoms with Gasteiger partial charge in [-0.1, -0.05) is 48.0 Å². The summed E-state index contributed by atoms with van der Waals surface area (Å²) in [6.45, 7) is 2.05. The summed E-state index contributed by atoms with van der Waals surface area (Å²) in [5.41, 5.74) is 15.4. The van der Waals surface area contributed by atoms with E-state index < -0.39 is 0 Å². The second-order valence-electron chi connectivity index (χ2n) is 5.35. The molecule has 0 aliphatic rings. The third kappa shape index (κ3) is 3.49. The number of nitrogens with two attached hydrogens (primary N) is 2. The Kier molecular flexibility index (Phi) is 4.38. The van der Waals surface area contributed by atoms with Crippen LogP contribution in [0.4, 0.5) is 0 Å². The molecule has 0 bridgehead atoms. The van der Waals surface area contributed by atoms with Crippen LogP contribution in [-0.2, 0) is 0 Å². The number of para-hydroxylation sites is 1. The molecule has 0 saturated carbocycles. The normalized spacial score (nSPS) is 10.9. The van der Waals surface area contributed by atoms with Gasteiger partial charge in [-0.3, -0.25) is 0 Å². The average molecular weight is 318 g/mol. The maximum atomic E-state index is 5.31. The zero-order chi connectivity index (χ0) is 16.9. The van der Waals surface area contributed by atoms with Crippen molar-refractivity contribution < 1.29 is 0 Å². The molecular formula is C18H18N6. The lowest BCUT2D eigenvalue weighted by Crippen LogP contribution is -2.21. The highest BCUT2D eigenvalue weighted by Crippen LogP contribution is 2.23. The standard InChI is InChI=1S/C18H18N6/c1-13-7-9-14(10-8-13)17-15(11-21-22-18(19)20)12-24(23-17)16-5-3-2-4-6-16/h2-12H,1H3,(H4,19,20,22)/b21-11+. The smallest absolute Gasteiger partial charge is 0.211 e. The van der Waals surface area contributed by atoms with E-state index in [0.717, 1.165) is 22.5 Å². The lowest BCUT2D eigenvalue weighted by molar-refractivity contribution is 0.884. The molecule has 3 rings (SSSR count). The maximum absolute atomic E-state index is 5.31. The number of hydrogen-bond acceptors (Lipinski definition) is 3. The van der Waals surface area contributed by atoms with Crippen LogP contribution in [0.15, 0.2) is 71.0 Å². The Hall–Kier alpha value is -3.41. The van der Waals surface area contributed by atoms with E-state index in [1.165, 1.54) is 5.56 Å². The molecule has 4 N–H and O–H groups in total. The number of rotatable bonds is 4. The van der Waals surface area contributed by atoms with Crippen molar-refractivity contribution in [1.82, 2.24) is 9.78 Å². The van der Waals surface area contributed by atoms with E-state index in [1.54, 1.807) is 6.21 Å². The fourth-order valence-corrected chi connectivity index (χ4v) is 2.29. The Balaban J connectivity index is 2.07. The van der Waals surface area contributed by atoms with Crippen molar-refractivity contribution in [2.24, 2.45) is 21.7 Å². The minimum Gasteiger partial charge on any atom is -0.369 e. The van der Waals surface area contributed by atoms with Gasteiger partial charge in [0.1, 0.15) is 5.69 Å². The molecule has 0 radical (unpaired) electrons. The molecule has 120 valence electrons. The molecule has 1 heterocycles. The molecule has 0 spiro atoms. The third-order valence-corrected chi connectivity index (χ3v) is 3.46. The average Bonchev–Trinajstić information content (AvgIpc) is 3.00. The van der Waals surface area contributed by atoms with Crippen molar-refractivity contribution in [3.8, 4) is 16.9 Å². The van der Waals surface area contributed by atoms with E-state index in [4.69, 9.17) is 16.6 Å². The van der Waals surface area contributed by atoms with Gasteiger partial charge in [0.2, 0.25) is 5.96 Å². The van der Waals surface area contributed by atoms with Gasteiger partial charge in [-0.2, -0.15) is 10.2 Å². The molecule has 6 heteroatoms. The minimum atomic E-state index is -0.0846. The number of benzene rings is 2. The highest BCUT2D eigenvalue weighted by atomic mass is 15.3. The summed E-state index contributed by atoms with van der Waals surface area (Å²) in [6, 6.07) is 18.0. The summed E-state index contributed by atoms with van der Waals surface area (Å²) in [7, 11) is 0. The van der Waals surface area contributed by atoms with Gasteiger partial charge in [0.15, 0.2) is 0 Å². The quantitative estimate of drug-likeness (QED) is 0.439. The molecule has 2 aromatic carbocycles. The van der Waals surface area contributed by atoms with Gasteiger partial charge in [-0.15, -0.1) is 5.10 Å². The molecule has 0 amide bonds. The molecule has 1 aromatic heterocycles. The lowest BCUT2D eigenvalue weighted by Gasteiger charge is -2.01. The molecule has 0 unspecified atom stereocenters. The van der Waals surface area contributed by atoms with Crippen molar-refractivity contribution >= 4 is 12.2 Å². The molecule has 0 saturated heterocycles. The van der Waals surface area contributed by atoms with E-state index in [-0.39, 0.29) is 5.96 Å². The first-order valence-corrected chi connectivity index (χ1v) is 7.47. The number of guanidine groups is 1. The van der Waals surface area contributed by atoms with Gasteiger partial charge in [-0.25, -0.2) is 4.68 Å². The van der Waals surface area contributed by atoms with Crippen molar-refractivity contribution in [1.29, 1.82) is 0 Å². The molecule has 3 aromatic rings. The van der Waals surface area contributed by atoms with Crippen LogP contribution in [0, 0.1) is 6.92 Å². The van der Waals surface area contributed by atoms with Gasteiger partial charge < -0.3 is 11.5 Å². The first kappa shape index (κ1) is 15.5. The Morgan fingerprint density at radius 1 is 1.04 bits per heavy atom. The van der Waals surface area contributed by atoms with Crippen LogP contribution in [0.1, 0.15) is 11.1 Å². The Morgan fingerprint density at radius 2 is 1.75 bits per heavy atom. The van der Waals surface area contributed by atoms with Crippen molar-refractivity contribution in [2.45, 2.75) is 6.92 Å². The minimum absolute atomic E-state index is 0.0846. The Morgan fingerprint density at radius 3 is 2.42 bits per heavy atom. The van der Waals surface area contributed by atoms with Crippen LogP contribution >= 0.6 is 0 Å². The molecule has 0 aliphatic carbocycles. The highest BCUT2D eigenvalue weighted by Gasteiger charge is 2.10. The summed E-state index contributed by atoms with van der Waals surface area (Å²) in [6.07, 6.45) is 3.50. The molecule has 0 atom stereocenters. The second kappa shape index (κ2) is 6.78. The largest absolute Gasteiger partial charge is 0.369 e. The van der Waals surface area contributed by atoms with E-state index in [2.05, 4.69) is 10.2 Å². The number of hydrogen-bond donors (Lipinski definition) is 2. The summed E-state index contributed by atoms with van der Waals surface area (Å²) < 4.78 is 1.81. The van der Waals surface area contributed by atoms with E-state index in [9.17, 15) is 0 Å². The van der Waals surface area contributed by atoms with Gasteiger partial charge in [0, 0.05) is 17.3 Å². The van der Waals surface area contributed by atoms with Crippen molar-refractivity contribution in [2.75, 3.05) is 0 Å². The van der Waals surface area contributed by atoms with Gasteiger partial charge in [-0.05, 0) is 19.1 Å². The summed E-state index contributed by atoms with van der Waals surface area (Å²) in [5.74, 6) is -0.0846. The Bertz CT molecular complexity index is 872. The molecule has 24 heavy (non-hydrogen) atoms. The maximum Gasteiger partial charge on any atom is 0.211 e. The fraction of sp³-hybridized carbons (Fsp3) is 0.0556. The van der Waals surface area contributed by atoms with Crippen LogP contribution in [-0.4, -0.2) is 22.0 Å². The topological polar surface area (TPSA) is 94.6 Å². The lowest BCUT2D eigenvalue weighted by atomic mass is 10.1. The van der Waals surface area contributed by atoms with Crippen molar-refractivity contribution in [3.63, 3.8) is 0 Å². The first-order chi connectivity index (χ1) is 11.6. The van der Waals surface area contributed by atoms with Crippen LogP contribution in [0.25, 0.3) is 16.9 Å². The molecule has 6 nitrogen and oxygen atoms in total. The zero-order valence-corrected chi connectivity index (χ0v) is 13.3. The summed E-state index contributed by atoms with van der Waals surface area (Å²) in [5, 5.41) is 12.3. The SMILES string of the molecule is Cc1ccc(-c2nn(-c3ccccc3)cc2/C=N/N=C(N)N)cc1. The predicted octanol–water partition coefficient (Wildman–Crippen LogP) is 2.46. The van der Waals surface area contributed by atoms with E-state index >= 15 is 0 Å². The van der Waals surface area contributed by atoms with Crippen molar-refractivity contribution in [3.05, 3.63) is 71.9 Å². The molecule has 0 fully saturated rings. The Labute approximate surface area is 140 Å². The van der Waals surface area contributed by atoms with E-state index in [1.807, 2.05) is 72.4 Å². The number of nitrogens with zero attached hydrogens (tertiary/aromatic N) is 4. The predicted molar refractivity (Wildman–Crippen MR) is 97.1 cm³/mol. The van der Waals surface area contributed by atoms with E-state index in [0.29, 0.717) is 0 Å².